The van der Waals surface area contributed by atoms with Crippen LogP contribution in [-0.4, -0.2) is 25.2 Å². The van der Waals surface area contributed by atoms with Crippen LogP contribution in [0.5, 0.6) is 5.75 Å². The van der Waals surface area contributed by atoms with E-state index in [2.05, 4.69) is 30.6 Å². The Bertz CT molecular complexity index is 291. The molecule has 1 aromatic carbocycles. The van der Waals surface area contributed by atoms with E-state index in [1.807, 2.05) is 23.9 Å². The highest BCUT2D eigenvalue weighted by atomic mass is 32.2. The Morgan fingerprint density at radius 3 is 2.93 bits per heavy atom. The van der Waals surface area contributed by atoms with Gasteiger partial charge in [-0.25, -0.2) is 0 Å². The molecule has 0 aliphatic carbocycles. The van der Waals surface area contributed by atoms with Crippen molar-refractivity contribution in [3.8, 4) is 5.75 Å². The second-order valence-corrected chi connectivity index (χ2v) is 4.50. The summed E-state index contributed by atoms with van der Waals surface area (Å²) in [6, 6.07) is 8.72. The highest BCUT2D eigenvalue weighted by Crippen LogP contribution is 2.12. The van der Waals surface area contributed by atoms with Gasteiger partial charge in [0.15, 0.2) is 0 Å². The number of hydrogen-bond donors (Lipinski definition) is 1. The van der Waals surface area contributed by atoms with Crippen LogP contribution in [0.15, 0.2) is 24.3 Å². The van der Waals surface area contributed by atoms with Crippen molar-refractivity contribution in [1.82, 2.24) is 5.32 Å². The Kier molecular flexibility index (Phi) is 5.58. The molecule has 1 N–H and O–H groups in total. The van der Waals surface area contributed by atoms with Gasteiger partial charge in [0.2, 0.25) is 0 Å². The minimum Gasteiger partial charge on any atom is -0.497 e. The molecular formula is C12H19NOS. The zero-order valence-electron chi connectivity index (χ0n) is 9.62. The molecule has 0 saturated carbocycles. The summed E-state index contributed by atoms with van der Waals surface area (Å²) in [5, 5.41) is 3.47. The van der Waals surface area contributed by atoms with Gasteiger partial charge in [0.05, 0.1) is 7.11 Å². The predicted octanol–water partition coefficient (Wildman–Crippen LogP) is 2.54. The van der Waals surface area contributed by atoms with Gasteiger partial charge in [0.25, 0.3) is 0 Å². The molecule has 1 aromatic rings. The van der Waals surface area contributed by atoms with Crippen LogP contribution in [0.1, 0.15) is 12.5 Å². The molecule has 1 atom stereocenters. The SMILES string of the molecule is COc1cccc(CNC(C)CSC)c1. The molecule has 3 heteroatoms. The van der Waals surface area contributed by atoms with Crippen molar-refractivity contribution in [1.29, 1.82) is 0 Å². The molecular weight excluding hydrogens is 206 g/mol. The third-order valence-electron chi connectivity index (χ3n) is 2.21. The van der Waals surface area contributed by atoms with Gasteiger partial charge in [0.1, 0.15) is 5.75 Å². The lowest BCUT2D eigenvalue weighted by Crippen LogP contribution is -2.27. The first kappa shape index (κ1) is 12.4. The summed E-state index contributed by atoms with van der Waals surface area (Å²) < 4.78 is 5.18. The molecule has 0 aromatic heterocycles. The van der Waals surface area contributed by atoms with Crippen molar-refractivity contribution in [2.75, 3.05) is 19.1 Å². The molecule has 0 aliphatic rings. The number of hydrogen-bond acceptors (Lipinski definition) is 3. The van der Waals surface area contributed by atoms with Gasteiger partial charge >= 0.3 is 0 Å². The van der Waals surface area contributed by atoms with Crippen molar-refractivity contribution < 1.29 is 4.74 Å². The minimum absolute atomic E-state index is 0.547. The average molecular weight is 225 g/mol. The Morgan fingerprint density at radius 2 is 2.27 bits per heavy atom. The van der Waals surface area contributed by atoms with E-state index in [1.165, 1.54) is 5.56 Å². The number of thioether (sulfide) groups is 1. The highest BCUT2D eigenvalue weighted by molar-refractivity contribution is 7.98. The molecule has 84 valence electrons. The van der Waals surface area contributed by atoms with Gasteiger partial charge in [-0.1, -0.05) is 12.1 Å². The zero-order chi connectivity index (χ0) is 11.1. The Morgan fingerprint density at radius 1 is 1.47 bits per heavy atom. The molecule has 1 unspecified atom stereocenters. The van der Waals surface area contributed by atoms with Gasteiger partial charge < -0.3 is 10.1 Å². The molecule has 1 rings (SSSR count). The summed E-state index contributed by atoms with van der Waals surface area (Å²) in [4.78, 5) is 0. The minimum atomic E-state index is 0.547. The zero-order valence-corrected chi connectivity index (χ0v) is 10.4. The van der Waals surface area contributed by atoms with Crippen LogP contribution in [0, 0.1) is 0 Å². The molecule has 0 heterocycles. The van der Waals surface area contributed by atoms with Crippen molar-refractivity contribution in [3.63, 3.8) is 0 Å². The van der Waals surface area contributed by atoms with Crippen molar-refractivity contribution in [2.45, 2.75) is 19.5 Å². The van der Waals surface area contributed by atoms with E-state index in [0.29, 0.717) is 6.04 Å². The summed E-state index contributed by atoms with van der Waals surface area (Å²) in [6.07, 6.45) is 2.13. The van der Waals surface area contributed by atoms with E-state index in [1.54, 1.807) is 7.11 Å². The van der Waals surface area contributed by atoms with Crippen molar-refractivity contribution in [2.24, 2.45) is 0 Å². The van der Waals surface area contributed by atoms with Crippen molar-refractivity contribution in [3.05, 3.63) is 29.8 Å². The second-order valence-electron chi connectivity index (χ2n) is 3.59. The lowest BCUT2D eigenvalue weighted by molar-refractivity contribution is 0.414. The monoisotopic (exact) mass is 225 g/mol. The largest absolute Gasteiger partial charge is 0.497 e. The standard InChI is InChI=1S/C12H19NOS/c1-10(9-15-3)13-8-11-5-4-6-12(7-11)14-2/h4-7,10,13H,8-9H2,1-3H3. The van der Waals surface area contributed by atoms with Crippen LogP contribution in [0.3, 0.4) is 0 Å². The second kappa shape index (κ2) is 6.75. The molecule has 0 aliphatic heterocycles. The third-order valence-corrected chi connectivity index (χ3v) is 3.04. The third kappa shape index (κ3) is 4.58. The van der Waals surface area contributed by atoms with E-state index in [0.717, 1.165) is 18.0 Å². The maximum absolute atomic E-state index is 5.18. The Balaban J connectivity index is 2.43. The molecule has 0 amide bonds. The summed E-state index contributed by atoms with van der Waals surface area (Å²) in [6.45, 7) is 3.11. The molecule has 15 heavy (non-hydrogen) atoms. The Labute approximate surface area is 96.4 Å². The molecule has 0 fully saturated rings. The highest BCUT2D eigenvalue weighted by Gasteiger charge is 2.00. The van der Waals surface area contributed by atoms with Gasteiger partial charge in [0, 0.05) is 18.3 Å². The topological polar surface area (TPSA) is 21.3 Å². The van der Waals surface area contributed by atoms with E-state index in [4.69, 9.17) is 4.74 Å². The number of ether oxygens (including phenoxy) is 1. The predicted molar refractivity (Wildman–Crippen MR) is 67.7 cm³/mol. The fraction of sp³-hybridized carbons (Fsp3) is 0.500. The van der Waals surface area contributed by atoms with E-state index >= 15 is 0 Å². The van der Waals surface area contributed by atoms with Crippen LogP contribution in [0.2, 0.25) is 0 Å². The molecule has 0 bridgehead atoms. The number of rotatable bonds is 6. The summed E-state index contributed by atoms with van der Waals surface area (Å²) in [5.41, 5.74) is 1.27. The first-order valence-corrected chi connectivity index (χ1v) is 6.51. The van der Waals surface area contributed by atoms with Crippen LogP contribution in [-0.2, 0) is 6.54 Å². The number of nitrogens with one attached hydrogen (secondary N) is 1. The lowest BCUT2D eigenvalue weighted by atomic mass is 10.2. The van der Waals surface area contributed by atoms with Gasteiger partial charge in [-0.05, 0) is 30.9 Å². The molecule has 0 radical (unpaired) electrons. The molecule has 0 saturated heterocycles. The van der Waals surface area contributed by atoms with E-state index < -0.39 is 0 Å². The smallest absolute Gasteiger partial charge is 0.119 e. The van der Waals surface area contributed by atoms with Crippen molar-refractivity contribution >= 4 is 11.8 Å². The first-order chi connectivity index (χ1) is 7.26. The fourth-order valence-electron chi connectivity index (χ4n) is 1.38. The van der Waals surface area contributed by atoms with Crippen LogP contribution >= 0.6 is 11.8 Å². The summed E-state index contributed by atoms with van der Waals surface area (Å²) >= 11 is 1.87. The number of benzene rings is 1. The van der Waals surface area contributed by atoms with E-state index in [9.17, 15) is 0 Å². The maximum atomic E-state index is 5.18. The number of methoxy groups -OCH3 is 1. The van der Waals surface area contributed by atoms with Gasteiger partial charge in [-0.3, -0.25) is 0 Å². The van der Waals surface area contributed by atoms with Crippen LogP contribution in [0.4, 0.5) is 0 Å². The lowest BCUT2D eigenvalue weighted by Gasteiger charge is -2.12. The molecule has 0 spiro atoms. The van der Waals surface area contributed by atoms with E-state index in [-0.39, 0.29) is 0 Å². The Hall–Kier alpha value is -0.670. The fourth-order valence-corrected chi connectivity index (χ4v) is 2.00. The van der Waals surface area contributed by atoms with Gasteiger partial charge in [-0.15, -0.1) is 0 Å². The summed E-state index contributed by atoms with van der Waals surface area (Å²) in [5.74, 6) is 2.07. The van der Waals surface area contributed by atoms with Crippen LogP contribution < -0.4 is 10.1 Å². The van der Waals surface area contributed by atoms with Crippen LogP contribution in [0.25, 0.3) is 0 Å². The maximum Gasteiger partial charge on any atom is 0.119 e. The van der Waals surface area contributed by atoms with Gasteiger partial charge in [-0.2, -0.15) is 11.8 Å². The first-order valence-electron chi connectivity index (χ1n) is 5.11. The molecule has 2 nitrogen and oxygen atoms in total. The summed E-state index contributed by atoms with van der Waals surface area (Å²) in [7, 11) is 1.70. The quantitative estimate of drug-likeness (QED) is 0.804. The normalized spacial score (nSPS) is 12.5. The average Bonchev–Trinajstić information content (AvgIpc) is 2.27.